The Kier molecular flexibility index (Phi) is 3.36. The van der Waals surface area contributed by atoms with E-state index in [1.54, 1.807) is 13.0 Å². The fourth-order valence-corrected chi connectivity index (χ4v) is 0.348. The van der Waals surface area contributed by atoms with E-state index in [-0.39, 0.29) is 6.92 Å². The first-order valence-corrected chi connectivity index (χ1v) is 2.70. The highest BCUT2D eigenvalue weighted by Crippen LogP contribution is 1.91. The molecule has 0 atom stereocenters. The molecule has 46 valence electrons. The second-order valence-corrected chi connectivity index (χ2v) is 1.85. The third-order valence-corrected chi connectivity index (χ3v) is 1.03. The van der Waals surface area contributed by atoms with Gasteiger partial charge in [0.25, 0.3) is 0 Å². The Labute approximate surface area is 50.7 Å². The molecule has 0 spiro atoms. The van der Waals surface area contributed by atoms with Crippen molar-refractivity contribution in [1.29, 1.82) is 0 Å². The molecule has 0 saturated carbocycles. The second kappa shape index (κ2) is 3.55. The van der Waals surface area contributed by atoms with Crippen LogP contribution in [0.2, 0.25) is 6.82 Å². The van der Waals surface area contributed by atoms with Gasteiger partial charge in [0, 0.05) is 7.05 Å². The summed E-state index contributed by atoms with van der Waals surface area (Å²) in [5.41, 5.74) is 0.951. The zero-order chi connectivity index (χ0) is 6.57. The average molecular weight is 113 g/mol. The zero-order valence-corrected chi connectivity index (χ0v) is 5.60. The summed E-state index contributed by atoms with van der Waals surface area (Å²) in [6.07, 6.45) is 1.78. The number of allylic oxidation sites excluding steroid dienone is 1. The van der Waals surface area contributed by atoms with E-state index in [9.17, 15) is 0 Å². The summed E-state index contributed by atoms with van der Waals surface area (Å²) in [5.74, 6) is 0. The van der Waals surface area contributed by atoms with Crippen LogP contribution in [0.15, 0.2) is 11.7 Å². The number of hydrogen-bond donors (Lipinski definition) is 2. The summed E-state index contributed by atoms with van der Waals surface area (Å²) in [6.45, 7) is 3.28. The van der Waals surface area contributed by atoms with Crippen LogP contribution >= 0.6 is 0 Å². The van der Waals surface area contributed by atoms with Gasteiger partial charge in [-0.3, -0.25) is 0 Å². The van der Waals surface area contributed by atoms with Crippen LogP contribution in [0.1, 0.15) is 6.92 Å². The minimum atomic E-state index is -0.331. The van der Waals surface area contributed by atoms with E-state index in [0.717, 1.165) is 5.47 Å². The van der Waals surface area contributed by atoms with Crippen LogP contribution in [0.4, 0.5) is 0 Å². The van der Waals surface area contributed by atoms with Gasteiger partial charge >= 0.3 is 6.92 Å². The Morgan fingerprint density at radius 2 is 2.25 bits per heavy atom. The lowest BCUT2D eigenvalue weighted by molar-refractivity contribution is 0.588. The highest BCUT2D eigenvalue weighted by molar-refractivity contribution is 6.57. The van der Waals surface area contributed by atoms with Gasteiger partial charge in [-0.1, -0.05) is 12.3 Å². The molecule has 0 aromatic rings. The molecule has 0 rings (SSSR count). The lowest BCUT2D eigenvalue weighted by Crippen LogP contribution is -2.10. The lowest BCUT2D eigenvalue weighted by Gasteiger charge is -1.97. The van der Waals surface area contributed by atoms with Gasteiger partial charge in [0.05, 0.1) is 0 Å². The van der Waals surface area contributed by atoms with Crippen molar-refractivity contribution >= 4 is 6.92 Å². The van der Waals surface area contributed by atoms with Crippen LogP contribution in [0, 0.1) is 0 Å². The highest BCUT2D eigenvalue weighted by Gasteiger charge is 2.01. The molecular weight excluding hydrogens is 101 g/mol. The predicted octanol–water partition coefficient (Wildman–Crippen LogP) is 0.262. The van der Waals surface area contributed by atoms with Crippen molar-refractivity contribution in [3.8, 4) is 0 Å². The van der Waals surface area contributed by atoms with Gasteiger partial charge < -0.3 is 10.3 Å². The van der Waals surface area contributed by atoms with E-state index in [4.69, 9.17) is 5.02 Å². The van der Waals surface area contributed by atoms with Gasteiger partial charge in [0.1, 0.15) is 0 Å². The smallest absolute Gasteiger partial charge is 0.317 e. The standard InChI is InChI=1S/C5H12BNO/c1-5(4-7-3)6(2)8/h4,7-8H,1-3H3/b5-4+. The zero-order valence-electron chi connectivity index (χ0n) is 5.60. The van der Waals surface area contributed by atoms with Gasteiger partial charge in [0.2, 0.25) is 0 Å². The molecule has 3 heteroatoms. The molecular formula is C5H12BNO. The van der Waals surface area contributed by atoms with Crippen molar-refractivity contribution in [2.24, 2.45) is 0 Å². The SMILES string of the molecule is CN/C=C(\C)B(C)O. The van der Waals surface area contributed by atoms with E-state index in [1.165, 1.54) is 0 Å². The van der Waals surface area contributed by atoms with E-state index < -0.39 is 0 Å². The van der Waals surface area contributed by atoms with Crippen LogP contribution < -0.4 is 5.32 Å². The van der Waals surface area contributed by atoms with Crippen molar-refractivity contribution in [1.82, 2.24) is 5.32 Å². The van der Waals surface area contributed by atoms with Crippen LogP contribution in [0.5, 0.6) is 0 Å². The van der Waals surface area contributed by atoms with Crippen molar-refractivity contribution in [2.75, 3.05) is 7.05 Å². The van der Waals surface area contributed by atoms with Crippen molar-refractivity contribution in [3.05, 3.63) is 11.7 Å². The van der Waals surface area contributed by atoms with E-state index in [1.807, 2.05) is 14.0 Å². The summed E-state index contributed by atoms with van der Waals surface area (Å²) < 4.78 is 0. The quantitative estimate of drug-likeness (QED) is 0.503. The van der Waals surface area contributed by atoms with Crippen molar-refractivity contribution in [2.45, 2.75) is 13.7 Å². The molecule has 0 radical (unpaired) electrons. The third kappa shape index (κ3) is 2.69. The molecule has 0 fully saturated rings. The maximum atomic E-state index is 8.84. The summed E-state index contributed by atoms with van der Waals surface area (Å²) in [5, 5.41) is 11.7. The first-order valence-electron chi connectivity index (χ1n) is 2.70. The summed E-state index contributed by atoms with van der Waals surface area (Å²) in [6, 6.07) is 0. The Morgan fingerprint density at radius 1 is 1.75 bits per heavy atom. The Balaban J connectivity index is 3.61. The number of hydrogen-bond acceptors (Lipinski definition) is 2. The normalized spacial score (nSPS) is 11.2. The highest BCUT2D eigenvalue weighted by atomic mass is 16.2. The molecule has 0 aromatic heterocycles. The van der Waals surface area contributed by atoms with Crippen molar-refractivity contribution in [3.63, 3.8) is 0 Å². The molecule has 0 heterocycles. The van der Waals surface area contributed by atoms with Gasteiger partial charge in [-0.25, -0.2) is 0 Å². The topological polar surface area (TPSA) is 32.3 Å². The molecule has 0 amide bonds. The van der Waals surface area contributed by atoms with E-state index >= 15 is 0 Å². The fourth-order valence-electron chi connectivity index (χ4n) is 0.348. The fraction of sp³-hybridized carbons (Fsp3) is 0.600. The minimum Gasteiger partial charge on any atom is -0.447 e. The molecule has 0 aliphatic rings. The van der Waals surface area contributed by atoms with Gasteiger partial charge in [-0.15, -0.1) is 0 Å². The molecule has 2 N–H and O–H groups in total. The Bertz CT molecular complexity index is 90.4. The maximum absolute atomic E-state index is 8.84. The largest absolute Gasteiger partial charge is 0.447 e. The van der Waals surface area contributed by atoms with Crippen LogP contribution in [0.25, 0.3) is 0 Å². The van der Waals surface area contributed by atoms with E-state index in [0.29, 0.717) is 0 Å². The lowest BCUT2D eigenvalue weighted by atomic mass is 9.65. The monoisotopic (exact) mass is 113 g/mol. The predicted molar refractivity (Wildman–Crippen MR) is 36.7 cm³/mol. The summed E-state index contributed by atoms with van der Waals surface area (Å²) >= 11 is 0. The van der Waals surface area contributed by atoms with Crippen LogP contribution in [-0.2, 0) is 0 Å². The summed E-state index contributed by atoms with van der Waals surface area (Å²) in [7, 11) is 1.81. The Morgan fingerprint density at radius 3 is 2.38 bits per heavy atom. The molecule has 0 aliphatic heterocycles. The maximum Gasteiger partial charge on any atom is 0.317 e. The van der Waals surface area contributed by atoms with Gasteiger partial charge in [-0.2, -0.15) is 0 Å². The van der Waals surface area contributed by atoms with Gasteiger partial charge in [0.15, 0.2) is 0 Å². The first kappa shape index (κ1) is 7.56. The molecule has 0 unspecified atom stereocenters. The molecule has 0 aliphatic carbocycles. The first-order chi connectivity index (χ1) is 3.68. The molecule has 8 heavy (non-hydrogen) atoms. The average Bonchev–Trinajstić information content (AvgIpc) is 1.67. The molecule has 0 bridgehead atoms. The molecule has 0 saturated heterocycles. The number of rotatable bonds is 2. The Hall–Kier alpha value is -0.435. The summed E-state index contributed by atoms with van der Waals surface area (Å²) in [4.78, 5) is 0. The van der Waals surface area contributed by atoms with Crippen LogP contribution in [0.3, 0.4) is 0 Å². The van der Waals surface area contributed by atoms with Crippen molar-refractivity contribution < 1.29 is 5.02 Å². The second-order valence-electron chi connectivity index (χ2n) is 1.85. The van der Waals surface area contributed by atoms with Gasteiger partial charge in [-0.05, 0) is 13.1 Å². The minimum absolute atomic E-state index is 0.331. The van der Waals surface area contributed by atoms with Crippen LogP contribution in [-0.4, -0.2) is 19.0 Å². The molecule has 2 nitrogen and oxygen atoms in total. The molecule has 0 aromatic carbocycles. The van der Waals surface area contributed by atoms with E-state index in [2.05, 4.69) is 5.32 Å². The number of nitrogens with one attached hydrogen (secondary N) is 1. The third-order valence-electron chi connectivity index (χ3n) is 1.03.